The molecule has 0 heterocycles. The summed E-state index contributed by atoms with van der Waals surface area (Å²) in [6.45, 7) is 20.0. The van der Waals surface area contributed by atoms with Crippen molar-refractivity contribution in [2.75, 3.05) is 26.2 Å². The molecule has 4 fully saturated rings. The van der Waals surface area contributed by atoms with Crippen molar-refractivity contribution in [3.05, 3.63) is 0 Å². The number of ether oxygens (including phenoxy) is 2. The highest BCUT2D eigenvalue weighted by molar-refractivity contribution is 5.73. The van der Waals surface area contributed by atoms with Gasteiger partial charge in [-0.05, 0) is 75.0 Å². The fourth-order valence-electron chi connectivity index (χ4n) is 8.28. The second-order valence-corrected chi connectivity index (χ2v) is 13.5. The molecule has 0 aromatic rings. The monoisotopic (exact) mass is 462 g/mol. The maximum Gasteiger partial charge on any atom is 0.362 e. The van der Waals surface area contributed by atoms with Gasteiger partial charge in [0.2, 0.25) is 0 Å². The van der Waals surface area contributed by atoms with Gasteiger partial charge >= 0.3 is 11.9 Å². The number of likely N-dealkylation sites (N-methyl/N-ethyl adjacent to an activating group) is 1. The van der Waals surface area contributed by atoms with Gasteiger partial charge in [0.05, 0.1) is 13.1 Å². The van der Waals surface area contributed by atoms with Crippen LogP contribution < -0.4 is 0 Å². The van der Waals surface area contributed by atoms with Crippen LogP contribution in [0.3, 0.4) is 0 Å². The molecule has 4 rings (SSSR count). The predicted octanol–water partition coefficient (Wildman–Crippen LogP) is 5.36. The summed E-state index contributed by atoms with van der Waals surface area (Å²) in [5.74, 6) is 0.960. The maximum atomic E-state index is 13.1. The van der Waals surface area contributed by atoms with Gasteiger partial charge < -0.3 is 14.0 Å². The molecule has 0 unspecified atom stereocenters. The summed E-state index contributed by atoms with van der Waals surface area (Å²) in [6, 6.07) is 0. The number of carbonyl (C=O) groups is 2. The number of fused-ring (bicyclic) bond motifs is 4. The molecule has 33 heavy (non-hydrogen) atoms. The molecule has 0 aromatic carbocycles. The summed E-state index contributed by atoms with van der Waals surface area (Å²) in [5, 5.41) is 0. The highest BCUT2D eigenvalue weighted by Crippen LogP contribution is 2.67. The SMILES string of the molecule is CC[N+](CC)(CC(=O)O[C@H]1C[C@H]2CC[C@]1(C)C2(C)C)CC(=O)O[C@@H]1C[C@@H]2CC[C@]1(C)C2(C)C. The molecule has 0 aromatic heterocycles. The van der Waals surface area contributed by atoms with Gasteiger partial charge in [-0.25, -0.2) is 9.59 Å². The molecule has 0 saturated heterocycles. The predicted molar refractivity (Wildman–Crippen MR) is 129 cm³/mol. The molecular formula is C28H48NO4+. The number of rotatable bonds is 8. The van der Waals surface area contributed by atoms with Gasteiger partial charge in [0.25, 0.3) is 0 Å². The Hall–Kier alpha value is -1.10. The van der Waals surface area contributed by atoms with E-state index in [1.54, 1.807) is 0 Å². The first-order chi connectivity index (χ1) is 15.2. The van der Waals surface area contributed by atoms with Gasteiger partial charge in [-0.15, -0.1) is 0 Å². The Morgan fingerprint density at radius 1 is 0.727 bits per heavy atom. The van der Waals surface area contributed by atoms with Crippen molar-refractivity contribution in [3.63, 3.8) is 0 Å². The highest BCUT2D eigenvalue weighted by atomic mass is 16.6. The van der Waals surface area contributed by atoms with Crippen molar-refractivity contribution in [3.8, 4) is 0 Å². The van der Waals surface area contributed by atoms with E-state index >= 15 is 0 Å². The fraction of sp³-hybridized carbons (Fsp3) is 0.929. The molecule has 6 atom stereocenters. The van der Waals surface area contributed by atoms with Crippen molar-refractivity contribution in [1.82, 2.24) is 0 Å². The summed E-state index contributed by atoms with van der Waals surface area (Å²) >= 11 is 0. The minimum absolute atomic E-state index is 0.00228. The van der Waals surface area contributed by atoms with E-state index in [1.165, 1.54) is 12.8 Å². The van der Waals surface area contributed by atoms with E-state index in [9.17, 15) is 9.59 Å². The molecule has 4 bridgehead atoms. The van der Waals surface area contributed by atoms with Gasteiger partial charge in [-0.2, -0.15) is 0 Å². The van der Waals surface area contributed by atoms with E-state index in [4.69, 9.17) is 9.47 Å². The summed E-state index contributed by atoms with van der Waals surface area (Å²) in [7, 11) is 0. The van der Waals surface area contributed by atoms with Crippen molar-refractivity contribution in [2.24, 2.45) is 33.5 Å². The van der Waals surface area contributed by atoms with Crippen LogP contribution in [0.5, 0.6) is 0 Å². The van der Waals surface area contributed by atoms with E-state index in [2.05, 4.69) is 55.4 Å². The number of hydrogen-bond donors (Lipinski definition) is 0. The van der Waals surface area contributed by atoms with Gasteiger partial charge in [-0.1, -0.05) is 41.5 Å². The zero-order chi connectivity index (χ0) is 24.4. The molecule has 4 aliphatic carbocycles. The Balaban J connectivity index is 1.38. The van der Waals surface area contributed by atoms with Crippen LogP contribution in [-0.2, 0) is 19.1 Å². The molecular weight excluding hydrogens is 414 g/mol. The van der Waals surface area contributed by atoms with Crippen molar-refractivity contribution >= 4 is 11.9 Å². The average Bonchev–Trinajstić information content (AvgIpc) is 3.25. The van der Waals surface area contributed by atoms with Crippen LogP contribution in [0.25, 0.3) is 0 Å². The van der Waals surface area contributed by atoms with E-state index in [1.807, 2.05) is 0 Å². The number of hydrogen-bond acceptors (Lipinski definition) is 4. The van der Waals surface area contributed by atoms with Crippen molar-refractivity contribution < 1.29 is 23.5 Å². The molecule has 0 amide bonds. The third-order valence-corrected chi connectivity index (χ3v) is 12.2. The summed E-state index contributed by atoms with van der Waals surface area (Å²) < 4.78 is 12.7. The number of nitrogens with zero attached hydrogens (tertiary/aromatic N) is 1. The third-order valence-electron chi connectivity index (χ3n) is 12.2. The number of esters is 2. The lowest BCUT2D eigenvalue weighted by Gasteiger charge is -2.40. The summed E-state index contributed by atoms with van der Waals surface area (Å²) in [6.07, 6.45) is 6.70. The van der Waals surface area contributed by atoms with E-state index in [0.29, 0.717) is 29.4 Å². The van der Waals surface area contributed by atoms with E-state index in [0.717, 1.165) is 25.7 Å². The second kappa shape index (κ2) is 7.96. The first kappa shape index (κ1) is 25.0. The molecule has 188 valence electrons. The standard InChI is InChI=1S/C28H48NO4/c1-9-29(10-2,17-23(30)32-21-15-19-11-13-27(21,7)25(19,3)4)18-24(31)33-22-16-20-12-14-28(22,8)26(20,5)6/h19-22H,9-18H2,1-8H3/q+1/t19-,20+,21+,22-,27-,28-/m0/s1. The second-order valence-electron chi connectivity index (χ2n) is 13.5. The first-order valence-electron chi connectivity index (χ1n) is 13.5. The lowest BCUT2D eigenvalue weighted by atomic mass is 9.70. The number of carbonyl (C=O) groups excluding carboxylic acids is 2. The Morgan fingerprint density at radius 2 is 1.09 bits per heavy atom. The molecule has 0 aliphatic heterocycles. The Bertz CT molecular complexity index is 738. The largest absolute Gasteiger partial charge is 0.458 e. The van der Waals surface area contributed by atoms with Crippen LogP contribution >= 0.6 is 0 Å². The minimum Gasteiger partial charge on any atom is -0.458 e. The quantitative estimate of drug-likeness (QED) is 0.360. The smallest absolute Gasteiger partial charge is 0.362 e. The van der Waals surface area contributed by atoms with Crippen LogP contribution in [0.1, 0.15) is 93.9 Å². The lowest BCUT2D eigenvalue weighted by molar-refractivity contribution is -0.911. The zero-order valence-corrected chi connectivity index (χ0v) is 22.5. The molecule has 0 spiro atoms. The van der Waals surface area contributed by atoms with Crippen LogP contribution in [0.2, 0.25) is 0 Å². The van der Waals surface area contributed by atoms with Crippen LogP contribution in [0, 0.1) is 33.5 Å². The molecule has 0 radical (unpaired) electrons. The topological polar surface area (TPSA) is 52.6 Å². The first-order valence-corrected chi connectivity index (χ1v) is 13.5. The molecule has 5 nitrogen and oxygen atoms in total. The normalized spacial score (nSPS) is 40.2. The Morgan fingerprint density at radius 3 is 1.33 bits per heavy atom. The van der Waals surface area contributed by atoms with Crippen molar-refractivity contribution in [2.45, 2.75) is 106 Å². The highest BCUT2D eigenvalue weighted by Gasteiger charge is 2.64. The summed E-state index contributed by atoms with van der Waals surface area (Å²) in [5.41, 5.74) is 0.552. The zero-order valence-electron chi connectivity index (χ0n) is 22.5. The third kappa shape index (κ3) is 3.58. The van der Waals surface area contributed by atoms with Crippen LogP contribution in [-0.4, -0.2) is 54.8 Å². The van der Waals surface area contributed by atoms with Gasteiger partial charge in [0.1, 0.15) is 12.2 Å². The molecule has 4 aliphatic rings. The maximum absolute atomic E-state index is 13.1. The molecule has 4 saturated carbocycles. The fourth-order valence-corrected chi connectivity index (χ4v) is 8.28. The van der Waals surface area contributed by atoms with Crippen LogP contribution in [0.4, 0.5) is 0 Å². The van der Waals surface area contributed by atoms with Gasteiger partial charge in [-0.3, -0.25) is 0 Å². The lowest BCUT2D eigenvalue weighted by Crippen LogP contribution is -2.55. The molecule has 0 N–H and O–H groups in total. The van der Waals surface area contributed by atoms with Gasteiger partial charge in [0, 0.05) is 10.8 Å². The van der Waals surface area contributed by atoms with Crippen molar-refractivity contribution in [1.29, 1.82) is 0 Å². The Kier molecular flexibility index (Phi) is 6.03. The van der Waals surface area contributed by atoms with E-state index in [-0.39, 0.29) is 58.9 Å². The summed E-state index contributed by atoms with van der Waals surface area (Å²) in [4.78, 5) is 26.3. The average molecular weight is 463 g/mol. The van der Waals surface area contributed by atoms with Crippen LogP contribution in [0.15, 0.2) is 0 Å². The van der Waals surface area contributed by atoms with Gasteiger partial charge in [0.15, 0.2) is 13.1 Å². The number of quaternary nitrogens is 1. The molecule has 5 heteroatoms. The van der Waals surface area contributed by atoms with E-state index < -0.39 is 0 Å². The minimum atomic E-state index is -0.158. The Labute approximate surface area is 201 Å².